The first-order valence-corrected chi connectivity index (χ1v) is 7.81. The van der Waals surface area contributed by atoms with E-state index in [9.17, 15) is 14.7 Å². The van der Waals surface area contributed by atoms with Gasteiger partial charge in [-0.1, -0.05) is 12.1 Å². The van der Waals surface area contributed by atoms with Crippen LogP contribution in [0.3, 0.4) is 0 Å². The van der Waals surface area contributed by atoms with Gasteiger partial charge in [0.05, 0.1) is 28.4 Å². The fourth-order valence-corrected chi connectivity index (χ4v) is 2.44. The number of benzene rings is 2. The molecule has 7 nitrogen and oxygen atoms in total. The van der Waals surface area contributed by atoms with Gasteiger partial charge in [0.25, 0.3) is 5.91 Å². The number of hydrogen-bond donors (Lipinski definition) is 2. The van der Waals surface area contributed by atoms with E-state index in [2.05, 4.69) is 15.3 Å². The maximum Gasteiger partial charge on any atom is 0.326 e. The van der Waals surface area contributed by atoms with Crippen molar-refractivity contribution in [3.63, 3.8) is 0 Å². The van der Waals surface area contributed by atoms with Crippen molar-refractivity contribution in [2.24, 2.45) is 0 Å². The summed E-state index contributed by atoms with van der Waals surface area (Å²) in [6, 6.07) is 14.0. The average Bonchev–Trinajstić information content (AvgIpc) is 2.67. The van der Waals surface area contributed by atoms with Crippen LogP contribution in [0.1, 0.15) is 21.6 Å². The molecule has 0 fully saturated rings. The van der Waals surface area contributed by atoms with Crippen LogP contribution in [-0.4, -0.2) is 33.0 Å². The van der Waals surface area contributed by atoms with Gasteiger partial charge in [-0.3, -0.25) is 9.78 Å². The standard InChI is InChI=1S/C19H14N4O3/c20-10-12-5-7-13(8-6-12)18(24)23-17(19(25)26)9-14-11-21-15-3-1-2-4-16(15)22-14/h1-8,11,17H,9H2,(H,23,24)(H,25,26)/t17-/m1/s1. The van der Waals surface area contributed by atoms with E-state index in [-0.39, 0.29) is 12.0 Å². The molecule has 128 valence electrons. The van der Waals surface area contributed by atoms with Crippen molar-refractivity contribution in [2.45, 2.75) is 12.5 Å². The number of amides is 1. The topological polar surface area (TPSA) is 116 Å². The van der Waals surface area contributed by atoms with Crippen molar-refractivity contribution in [3.8, 4) is 6.07 Å². The molecule has 0 saturated carbocycles. The van der Waals surface area contributed by atoms with Crippen LogP contribution in [0.15, 0.2) is 54.7 Å². The first-order chi connectivity index (χ1) is 12.6. The Kier molecular flexibility index (Phi) is 4.85. The predicted molar refractivity (Wildman–Crippen MR) is 93.3 cm³/mol. The summed E-state index contributed by atoms with van der Waals surface area (Å²) in [5.74, 6) is -1.70. The lowest BCUT2D eigenvalue weighted by molar-refractivity contribution is -0.139. The minimum absolute atomic E-state index is 0.00911. The molecule has 0 radical (unpaired) electrons. The van der Waals surface area contributed by atoms with Gasteiger partial charge in [-0.05, 0) is 36.4 Å². The minimum atomic E-state index is -1.16. The fraction of sp³-hybridized carbons (Fsp3) is 0.105. The van der Waals surface area contributed by atoms with E-state index < -0.39 is 17.9 Å². The molecule has 0 aliphatic heterocycles. The van der Waals surface area contributed by atoms with Crippen LogP contribution in [0.25, 0.3) is 11.0 Å². The van der Waals surface area contributed by atoms with E-state index in [0.717, 1.165) is 0 Å². The fourth-order valence-electron chi connectivity index (χ4n) is 2.44. The summed E-state index contributed by atoms with van der Waals surface area (Å²) in [5.41, 5.74) is 2.54. The number of nitrogens with zero attached hydrogens (tertiary/aromatic N) is 3. The Morgan fingerprint density at radius 3 is 2.46 bits per heavy atom. The maximum atomic E-state index is 12.3. The SMILES string of the molecule is N#Cc1ccc(C(=O)N[C@H](Cc2cnc3ccccc3n2)C(=O)O)cc1. The molecule has 0 spiro atoms. The lowest BCUT2D eigenvalue weighted by atomic mass is 10.1. The van der Waals surface area contributed by atoms with Gasteiger partial charge in [0, 0.05) is 18.2 Å². The lowest BCUT2D eigenvalue weighted by Crippen LogP contribution is -2.42. The highest BCUT2D eigenvalue weighted by Gasteiger charge is 2.22. The van der Waals surface area contributed by atoms with Crippen molar-refractivity contribution in [2.75, 3.05) is 0 Å². The Labute approximate surface area is 148 Å². The summed E-state index contributed by atoms with van der Waals surface area (Å²) in [4.78, 5) is 32.4. The second-order valence-electron chi connectivity index (χ2n) is 5.61. The number of carbonyl (C=O) groups is 2. The summed E-state index contributed by atoms with van der Waals surface area (Å²) in [7, 11) is 0. The second kappa shape index (κ2) is 7.40. The number of fused-ring (bicyclic) bond motifs is 1. The molecule has 0 bridgehead atoms. The molecule has 26 heavy (non-hydrogen) atoms. The number of carboxylic acid groups (broad SMARTS) is 1. The molecule has 2 N–H and O–H groups in total. The molecule has 7 heteroatoms. The van der Waals surface area contributed by atoms with E-state index >= 15 is 0 Å². The van der Waals surface area contributed by atoms with Crippen LogP contribution in [0.5, 0.6) is 0 Å². The van der Waals surface area contributed by atoms with Gasteiger partial charge in [0.1, 0.15) is 6.04 Å². The highest BCUT2D eigenvalue weighted by molar-refractivity contribution is 5.96. The largest absolute Gasteiger partial charge is 0.480 e. The summed E-state index contributed by atoms with van der Waals surface area (Å²) < 4.78 is 0. The monoisotopic (exact) mass is 346 g/mol. The molecule has 2 aromatic carbocycles. The van der Waals surface area contributed by atoms with Gasteiger partial charge < -0.3 is 10.4 Å². The number of nitrogens with one attached hydrogen (secondary N) is 1. The Morgan fingerprint density at radius 2 is 1.81 bits per heavy atom. The Morgan fingerprint density at radius 1 is 1.12 bits per heavy atom. The average molecular weight is 346 g/mol. The minimum Gasteiger partial charge on any atom is -0.480 e. The third-order valence-corrected chi connectivity index (χ3v) is 3.79. The van der Waals surface area contributed by atoms with E-state index in [1.807, 2.05) is 24.3 Å². The molecule has 0 aliphatic rings. The smallest absolute Gasteiger partial charge is 0.326 e. The first kappa shape index (κ1) is 17.0. The van der Waals surface area contributed by atoms with Gasteiger partial charge in [-0.2, -0.15) is 5.26 Å². The van der Waals surface area contributed by atoms with Crippen LogP contribution in [-0.2, 0) is 11.2 Å². The van der Waals surface area contributed by atoms with Crippen molar-refractivity contribution >= 4 is 22.9 Å². The molecule has 1 aromatic heterocycles. The normalized spacial score (nSPS) is 11.5. The molecule has 1 amide bonds. The second-order valence-corrected chi connectivity index (χ2v) is 5.61. The number of nitriles is 1. The molecular weight excluding hydrogens is 332 g/mol. The van der Waals surface area contributed by atoms with E-state index in [4.69, 9.17) is 5.26 Å². The van der Waals surface area contributed by atoms with Crippen molar-refractivity contribution in [3.05, 3.63) is 71.5 Å². The summed E-state index contributed by atoms with van der Waals surface area (Å²) in [6.45, 7) is 0. The molecule has 3 aromatic rings. The third kappa shape index (κ3) is 3.82. The number of para-hydroxylation sites is 2. The number of aliphatic carboxylic acids is 1. The van der Waals surface area contributed by atoms with Gasteiger partial charge >= 0.3 is 5.97 Å². The van der Waals surface area contributed by atoms with E-state index in [0.29, 0.717) is 22.3 Å². The molecule has 0 saturated heterocycles. The number of rotatable bonds is 5. The molecule has 3 rings (SSSR count). The van der Waals surface area contributed by atoms with E-state index in [1.165, 1.54) is 30.5 Å². The quantitative estimate of drug-likeness (QED) is 0.729. The summed E-state index contributed by atoms with van der Waals surface area (Å²) in [5, 5.41) is 20.7. The Balaban J connectivity index is 1.76. The summed E-state index contributed by atoms with van der Waals surface area (Å²) in [6.07, 6.45) is 1.52. The molecular formula is C19H14N4O3. The Hall–Kier alpha value is -3.79. The number of carboxylic acids is 1. The van der Waals surface area contributed by atoms with Crippen LogP contribution >= 0.6 is 0 Å². The van der Waals surface area contributed by atoms with Crippen molar-refractivity contribution < 1.29 is 14.7 Å². The highest BCUT2D eigenvalue weighted by atomic mass is 16.4. The zero-order valence-electron chi connectivity index (χ0n) is 13.6. The van der Waals surface area contributed by atoms with E-state index in [1.54, 1.807) is 6.07 Å². The third-order valence-electron chi connectivity index (χ3n) is 3.79. The summed E-state index contributed by atoms with van der Waals surface area (Å²) >= 11 is 0. The molecule has 0 aliphatic carbocycles. The first-order valence-electron chi connectivity index (χ1n) is 7.81. The van der Waals surface area contributed by atoms with Crippen LogP contribution < -0.4 is 5.32 Å². The van der Waals surface area contributed by atoms with Crippen molar-refractivity contribution in [1.82, 2.24) is 15.3 Å². The highest BCUT2D eigenvalue weighted by Crippen LogP contribution is 2.10. The molecule has 1 heterocycles. The molecule has 1 atom stereocenters. The number of aromatic nitrogens is 2. The van der Waals surface area contributed by atoms with Crippen LogP contribution in [0.4, 0.5) is 0 Å². The molecule has 0 unspecified atom stereocenters. The van der Waals surface area contributed by atoms with Gasteiger partial charge in [0.2, 0.25) is 0 Å². The lowest BCUT2D eigenvalue weighted by Gasteiger charge is -2.14. The number of carbonyl (C=O) groups excluding carboxylic acids is 1. The van der Waals surface area contributed by atoms with Gasteiger partial charge in [-0.15, -0.1) is 0 Å². The number of hydrogen-bond acceptors (Lipinski definition) is 5. The van der Waals surface area contributed by atoms with Crippen molar-refractivity contribution in [1.29, 1.82) is 5.26 Å². The van der Waals surface area contributed by atoms with Crippen LogP contribution in [0, 0.1) is 11.3 Å². The Bertz CT molecular complexity index is 1010. The van der Waals surface area contributed by atoms with Crippen LogP contribution in [0.2, 0.25) is 0 Å². The zero-order valence-corrected chi connectivity index (χ0v) is 13.6. The zero-order chi connectivity index (χ0) is 18.5. The maximum absolute atomic E-state index is 12.3. The van der Waals surface area contributed by atoms with Gasteiger partial charge in [-0.25, -0.2) is 9.78 Å². The van der Waals surface area contributed by atoms with Gasteiger partial charge in [0.15, 0.2) is 0 Å². The predicted octanol–water partition coefficient (Wildman–Crippen LogP) is 1.93.